The van der Waals surface area contributed by atoms with Gasteiger partial charge in [0.25, 0.3) is 11.3 Å². The summed E-state index contributed by atoms with van der Waals surface area (Å²) in [7, 11) is -7.39. The molecule has 0 saturated heterocycles. The summed E-state index contributed by atoms with van der Waals surface area (Å²) in [6.45, 7) is 0. The lowest BCUT2D eigenvalue weighted by Gasteiger charge is -2.25. The van der Waals surface area contributed by atoms with E-state index < -0.39 is 17.5 Å². The molecule has 5 rings (SSSR count). The molecule has 38 heavy (non-hydrogen) atoms. The standard InChI is InChI=1S/C27H22ClN3OP.ClHO4/c28-21-18-16-20(17-19-21)25-30-27(26(31-29)32-25)33(22-10-4-1-5-11-22,23-12-6-2-7-13-23)24-14-8-3-9-15-24;2-1(3,4)5/h1-19,31H,29H2;(H,2,3,4,5)/q+1;/p-1. The summed E-state index contributed by atoms with van der Waals surface area (Å²) < 4.78 is 40.2. The summed E-state index contributed by atoms with van der Waals surface area (Å²) in [6, 6.07) is 38.8. The van der Waals surface area contributed by atoms with Gasteiger partial charge in [0.1, 0.15) is 15.9 Å². The highest BCUT2D eigenvalue weighted by molar-refractivity contribution is 8.01. The van der Waals surface area contributed by atoms with Crippen molar-refractivity contribution >= 4 is 46.1 Å². The van der Waals surface area contributed by atoms with Gasteiger partial charge >= 0.3 is 0 Å². The summed E-state index contributed by atoms with van der Waals surface area (Å²) in [4.78, 5) is 5.08. The first-order valence-electron chi connectivity index (χ1n) is 11.1. The van der Waals surface area contributed by atoms with Crippen molar-refractivity contribution in [1.29, 1.82) is 0 Å². The quantitative estimate of drug-likeness (QED) is 0.166. The van der Waals surface area contributed by atoms with Crippen molar-refractivity contribution in [2.24, 2.45) is 5.84 Å². The summed E-state index contributed by atoms with van der Waals surface area (Å²) in [6.07, 6.45) is 0. The lowest BCUT2D eigenvalue weighted by molar-refractivity contribution is -2.00. The summed E-state index contributed by atoms with van der Waals surface area (Å²) >= 11 is 6.10. The number of aromatic nitrogens is 1. The molecule has 0 bridgehead atoms. The van der Waals surface area contributed by atoms with Crippen LogP contribution >= 0.6 is 18.9 Å². The highest BCUT2D eigenvalue weighted by atomic mass is 35.7. The molecule has 1 heterocycles. The van der Waals surface area contributed by atoms with E-state index in [2.05, 4.69) is 78.2 Å². The Morgan fingerprint density at radius 2 is 1.08 bits per heavy atom. The van der Waals surface area contributed by atoms with Gasteiger partial charge in [-0.3, -0.25) is 5.43 Å². The highest BCUT2D eigenvalue weighted by Gasteiger charge is 2.53. The predicted molar refractivity (Wildman–Crippen MR) is 140 cm³/mol. The molecule has 0 spiro atoms. The Morgan fingerprint density at radius 1 is 0.684 bits per heavy atom. The fourth-order valence-electron chi connectivity index (χ4n) is 4.12. The van der Waals surface area contributed by atoms with Gasteiger partial charge in [-0.2, -0.15) is 4.98 Å². The average Bonchev–Trinajstić information content (AvgIpc) is 3.35. The van der Waals surface area contributed by atoms with Crippen LogP contribution < -0.4 is 51.3 Å². The number of halogens is 2. The molecule has 0 saturated carbocycles. The van der Waals surface area contributed by atoms with Crippen molar-refractivity contribution in [1.82, 2.24) is 4.98 Å². The second-order valence-electron chi connectivity index (χ2n) is 7.88. The van der Waals surface area contributed by atoms with Gasteiger partial charge in [-0.1, -0.05) is 66.2 Å². The SMILES string of the molecule is NNc1oc(-c2ccc(Cl)cc2)nc1[P+](c1ccccc1)(c1ccccc1)c1ccccc1.[O-][Cl+3]([O-])([O-])[O-]. The molecule has 0 fully saturated rings. The molecule has 1 aromatic heterocycles. The number of rotatable bonds is 6. The van der Waals surface area contributed by atoms with E-state index in [-0.39, 0.29) is 0 Å². The van der Waals surface area contributed by atoms with Gasteiger partial charge in [0.15, 0.2) is 7.26 Å². The zero-order valence-electron chi connectivity index (χ0n) is 19.7. The summed E-state index contributed by atoms with van der Waals surface area (Å²) in [5, 5.41) is 4.14. The van der Waals surface area contributed by atoms with E-state index in [0.29, 0.717) is 16.8 Å². The Hall–Kier alpha value is -3.30. The van der Waals surface area contributed by atoms with E-state index in [9.17, 15) is 0 Å². The Kier molecular flexibility index (Phi) is 8.79. The molecular weight excluding hydrogens is 548 g/mol. The average molecular weight is 570 g/mol. The number of hydrogen-bond acceptors (Lipinski definition) is 8. The first-order chi connectivity index (χ1) is 18.2. The van der Waals surface area contributed by atoms with Crippen molar-refractivity contribution in [3.8, 4) is 11.5 Å². The third-order valence-electron chi connectivity index (χ3n) is 5.58. The lowest BCUT2D eigenvalue weighted by Crippen LogP contribution is -2.68. The van der Waals surface area contributed by atoms with E-state index >= 15 is 0 Å². The van der Waals surface area contributed by atoms with Crippen molar-refractivity contribution in [3.05, 3.63) is 120 Å². The van der Waals surface area contributed by atoms with Gasteiger partial charge in [0.05, 0.1) is 0 Å². The fraction of sp³-hybridized carbons (Fsp3) is 0. The van der Waals surface area contributed by atoms with Gasteiger partial charge < -0.3 is 4.42 Å². The second kappa shape index (κ2) is 12.0. The number of nitrogen functional groups attached to an aromatic ring is 1. The van der Waals surface area contributed by atoms with E-state index in [4.69, 9.17) is 45.5 Å². The molecule has 8 nitrogen and oxygen atoms in total. The number of oxazole rings is 1. The van der Waals surface area contributed by atoms with Crippen LogP contribution in [0.1, 0.15) is 0 Å². The normalized spacial score (nSPS) is 11.4. The smallest absolute Gasteiger partial charge is 0.273 e. The van der Waals surface area contributed by atoms with Crippen LogP contribution in [0.3, 0.4) is 0 Å². The molecule has 4 aromatic carbocycles. The van der Waals surface area contributed by atoms with Gasteiger partial charge in [-0.15, -0.1) is 10.2 Å². The Labute approximate surface area is 227 Å². The molecule has 11 heteroatoms. The Morgan fingerprint density at radius 3 is 1.45 bits per heavy atom. The van der Waals surface area contributed by atoms with E-state index in [1.165, 1.54) is 0 Å². The van der Waals surface area contributed by atoms with Gasteiger partial charge in [-0.25, -0.2) is 24.5 Å². The molecule has 0 amide bonds. The van der Waals surface area contributed by atoms with Crippen molar-refractivity contribution in [2.75, 3.05) is 5.43 Å². The highest BCUT2D eigenvalue weighted by Crippen LogP contribution is 2.55. The monoisotopic (exact) mass is 569 g/mol. The van der Waals surface area contributed by atoms with E-state index in [1.54, 1.807) is 0 Å². The number of hydrogen-bond donors (Lipinski definition) is 2. The molecule has 0 aliphatic carbocycles. The van der Waals surface area contributed by atoms with Crippen molar-refractivity contribution in [3.63, 3.8) is 0 Å². The van der Waals surface area contributed by atoms with Crippen LogP contribution in [0.25, 0.3) is 11.5 Å². The van der Waals surface area contributed by atoms with E-state index in [0.717, 1.165) is 26.9 Å². The largest absolute Gasteiger partial charge is 0.415 e. The summed E-state index contributed by atoms with van der Waals surface area (Å²) in [5.41, 5.74) is 4.40. The molecular formula is C27H22Cl2N3O5P. The summed E-state index contributed by atoms with van der Waals surface area (Å²) in [5.74, 6) is 6.95. The number of nitrogens with two attached hydrogens (primary N) is 1. The Bertz CT molecular complexity index is 1350. The fourth-order valence-corrected chi connectivity index (χ4v) is 8.39. The Balaban J connectivity index is 0.000000617. The molecule has 194 valence electrons. The molecule has 3 N–H and O–H groups in total. The minimum Gasteiger partial charge on any atom is -0.415 e. The zero-order chi connectivity index (χ0) is 27.2. The minimum atomic E-state index is -4.94. The molecule has 0 radical (unpaired) electrons. The van der Waals surface area contributed by atoms with Crippen LogP contribution in [-0.4, -0.2) is 4.98 Å². The van der Waals surface area contributed by atoms with Crippen LogP contribution in [0, 0.1) is 10.2 Å². The first kappa shape index (κ1) is 27.7. The van der Waals surface area contributed by atoms with Gasteiger partial charge in [-0.05, 0) is 60.7 Å². The van der Waals surface area contributed by atoms with Crippen LogP contribution in [-0.2, 0) is 0 Å². The number of hydrazine groups is 1. The number of anilines is 1. The van der Waals surface area contributed by atoms with E-state index in [1.807, 2.05) is 42.5 Å². The maximum absolute atomic E-state index is 8.49. The van der Waals surface area contributed by atoms with Gasteiger partial charge in [0.2, 0.25) is 5.89 Å². The molecule has 0 aliphatic rings. The maximum atomic E-state index is 8.49. The molecule has 0 atom stereocenters. The number of nitrogens with zero attached hydrogens (tertiary/aromatic N) is 1. The molecule has 0 aliphatic heterocycles. The molecule has 0 unspecified atom stereocenters. The third-order valence-corrected chi connectivity index (χ3v) is 9.99. The van der Waals surface area contributed by atoms with Crippen molar-refractivity contribution in [2.45, 2.75) is 0 Å². The topological polar surface area (TPSA) is 156 Å². The molecule has 5 aromatic rings. The second-order valence-corrected chi connectivity index (χ2v) is 12.4. The van der Waals surface area contributed by atoms with Crippen LogP contribution in [0.15, 0.2) is 120 Å². The van der Waals surface area contributed by atoms with Crippen LogP contribution in [0.4, 0.5) is 5.88 Å². The van der Waals surface area contributed by atoms with Crippen LogP contribution in [0.5, 0.6) is 0 Å². The maximum Gasteiger partial charge on any atom is 0.273 e. The van der Waals surface area contributed by atoms with Crippen molar-refractivity contribution < 1.29 is 33.3 Å². The minimum absolute atomic E-state index is 0.449. The number of benzene rings is 4. The predicted octanol–water partition coefficient (Wildman–Crippen LogP) is 0.144. The third kappa shape index (κ3) is 6.22. The number of nitrogens with one attached hydrogen (secondary N) is 1. The first-order valence-corrected chi connectivity index (χ1v) is 14.5. The zero-order valence-corrected chi connectivity index (χ0v) is 22.1. The van der Waals surface area contributed by atoms with Gasteiger partial charge in [0, 0.05) is 10.6 Å². The van der Waals surface area contributed by atoms with Crippen LogP contribution in [0.2, 0.25) is 5.02 Å². The lowest BCUT2D eigenvalue weighted by atomic mass is 10.2.